The zero-order valence-electron chi connectivity index (χ0n) is 18.9. The molecule has 0 saturated heterocycles. The van der Waals surface area contributed by atoms with E-state index in [1.165, 1.54) is 12.1 Å². The van der Waals surface area contributed by atoms with Crippen molar-refractivity contribution in [2.24, 2.45) is 4.99 Å². The molecule has 2 aromatic rings. The van der Waals surface area contributed by atoms with Gasteiger partial charge in [0.15, 0.2) is 0 Å². The molecule has 0 saturated carbocycles. The Hall–Kier alpha value is -3.51. The molecule has 0 fully saturated rings. The van der Waals surface area contributed by atoms with Crippen molar-refractivity contribution in [2.45, 2.75) is 24.9 Å². The molecule has 0 bridgehead atoms. The van der Waals surface area contributed by atoms with Gasteiger partial charge in [-0.2, -0.15) is 0 Å². The third-order valence-corrected chi connectivity index (χ3v) is 5.76. The van der Waals surface area contributed by atoms with E-state index in [1.54, 1.807) is 18.3 Å². The number of carbonyl (C=O) groups excluding carboxylic acids is 1. The molecule has 2 unspecified atom stereocenters. The quantitative estimate of drug-likeness (QED) is 0.668. The predicted molar refractivity (Wildman–Crippen MR) is 130 cm³/mol. The van der Waals surface area contributed by atoms with E-state index in [1.807, 2.05) is 30.3 Å². The lowest BCUT2D eigenvalue weighted by Gasteiger charge is -2.23. The van der Waals surface area contributed by atoms with Crippen molar-refractivity contribution in [3.63, 3.8) is 0 Å². The highest BCUT2D eigenvalue weighted by Crippen LogP contribution is 2.27. The van der Waals surface area contributed by atoms with Gasteiger partial charge in [0, 0.05) is 25.2 Å². The Morgan fingerprint density at radius 1 is 1.12 bits per heavy atom. The summed E-state index contributed by atoms with van der Waals surface area (Å²) in [6.45, 7) is 0.500. The van der Waals surface area contributed by atoms with Gasteiger partial charge < -0.3 is 15.0 Å². The van der Waals surface area contributed by atoms with Gasteiger partial charge in [-0.15, -0.1) is 0 Å². The van der Waals surface area contributed by atoms with E-state index >= 15 is 0 Å². The Morgan fingerprint density at radius 3 is 2.45 bits per heavy atom. The van der Waals surface area contributed by atoms with Crippen LogP contribution < -0.4 is 10.1 Å². The van der Waals surface area contributed by atoms with Crippen molar-refractivity contribution in [2.75, 3.05) is 20.6 Å². The van der Waals surface area contributed by atoms with Crippen LogP contribution in [0.3, 0.4) is 0 Å². The van der Waals surface area contributed by atoms with E-state index in [2.05, 4.69) is 47.5 Å². The van der Waals surface area contributed by atoms with Crippen LogP contribution in [0.25, 0.3) is 5.57 Å². The molecule has 2 aliphatic rings. The molecule has 0 radical (unpaired) electrons. The summed E-state index contributed by atoms with van der Waals surface area (Å²) in [6.07, 6.45) is 11.7. The third kappa shape index (κ3) is 6.05. The molecule has 1 aliphatic heterocycles. The highest BCUT2D eigenvalue weighted by Gasteiger charge is 2.19. The zero-order valence-corrected chi connectivity index (χ0v) is 18.9. The molecular weight excluding hydrogens is 417 g/mol. The first-order valence-electron chi connectivity index (χ1n) is 11.1. The van der Waals surface area contributed by atoms with Crippen molar-refractivity contribution in [3.05, 3.63) is 89.8 Å². The fourth-order valence-electron chi connectivity index (χ4n) is 3.76. The summed E-state index contributed by atoms with van der Waals surface area (Å²) >= 11 is 0. The largest absolute Gasteiger partial charge is 0.457 e. The van der Waals surface area contributed by atoms with Gasteiger partial charge in [-0.3, -0.25) is 9.79 Å². The highest BCUT2D eigenvalue weighted by molar-refractivity contribution is 5.92. The fourth-order valence-corrected chi connectivity index (χ4v) is 3.76. The number of nitrogens with zero attached hydrogens (tertiary/aromatic N) is 2. The molecule has 1 aliphatic carbocycles. The average molecular weight is 446 g/mol. The first-order chi connectivity index (χ1) is 16.0. The van der Waals surface area contributed by atoms with E-state index in [0.29, 0.717) is 30.5 Å². The number of allylic oxidation sites excluding steroid dienone is 1. The van der Waals surface area contributed by atoms with Gasteiger partial charge in [0.2, 0.25) is 5.91 Å². The molecule has 2 atom stereocenters. The van der Waals surface area contributed by atoms with Crippen LogP contribution >= 0.6 is 0 Å². The van der Waals surface area contributed by atoms with E-state index in [9.17, 15) is 9.18 Å². The maximum atomic E-state index is 13.0. The van der Waals surface area contributed by atoms with Gasteiger partial charge in [0.1, 0.15) is 23.4 Å². The Balaban J connectivity index is 1.34. The number of aliphatic imine (C=N–C) groups is 1. The Kier molecular flexibility index (Phi) is 7.15. The number of benzene rings is 2. The number of rotatable bonds is 7. The number of carbonyl (C=O) groups is 1. The van der Waals surface area contributed by atoms with E-state index in [0.717, 1.165) is 23.1 Å². The minimum atomic E-state index is -0.536. The monoisotopic (exact) mass is 445 g/mol. The number of likely N-dealkylation sites (N-methyl/N-ethyl adjacent to an activating group) is 1. The van der Waals surface area contributed by atoms with Gasteiger partial charge in [-0.05, 0) is 79.7 Å². The van der Waals surface area contributed by atoms with Gasteiger partial charge in [-0.25, -0.2) is 4.39 Å². The van der Waals surface area contributed by atoms with Gasteiger partial charge in [-0.1, -0.05) is 30.4 Å². The van der Waals surface area contributed by atoms with Crippen molar-refractivity contribution >= 4 is 17.7 Å². The summed E-state index contributed by atoms with van der Waals surface area (Å²) in [5, 5.41) is 3.00. The van der Waals surface area contributed by atoms with E-state index < -0.39 is 6.04 Å². The summed E-state index contributed by atoms with van der Waals surface area (Å²) < 4.78 is 18.8. The topological polar surface area (TPSA) is 53.9 Å². The van der Waals surface area contributed by atoms with Crippen LogP contribution in [0.1, 0.15) is 18.4 Å². The van der Waals surface area contributed by atoms with Gasteiger partial charge in [0.05, 0.1) is 0 Å². The van der Waals surface area contributed by atoms with Crippen molar-refractivity contribution in [1.29, 1.82) is 0 Å². The first-order valence-corrected chi connectivity index (χ1v) is 11.1. The minimum absolute atomic E-state index is 0.108. The number of nitrogens with one attached hydrogen (secondary N) is 1. The van der Waals surface area contributed by atoms with Crippen LogP contribution in [0.4, 0.5) is 4.39 Å². The van der Waals surface area contributed by atoms with Crippen molar-refractivity contribution < 1.29 is 13.9 Å². The summed E-state index contributed by atoms with van der Waals surface area (Å²) in [4.78, 5) is 19.2. The van der Waals surface area contributed by atoms with Crippen LogP contribution in [0.5, 0.6) is 11.5 Å². The second-order valence-electron chi connectivity index (χ2n) is 8.38. The summed E-state index contributed by atoms with van der Waals surface area (Å²) in [5.41, 5.74) is 3.17. The van der Waals surface area contributed by atoms with Crippen LogP contribution in [0, 0.1) is 5.82 Å². The van der Waals surface area contributed by atoms with Crippen LogP contribution in [0.15, 0.2) is 83.4 Å². The van der Waals surface area contributed by atoms with Gasteiger partial charge in [0.25, 0.3) is 0 Å². The van der Waals surface area contributed by atoms with Crippen LogP contribution in [-0.2, 0) is 4.79 Å². The van der Waals surface area contributed by atoms with Gasteiger partial charge >= 0.3 is 0 Å². The van der Waals surface area contributed by atoms with Crippen molar-refractivity contribution in [3.8, 4) is 11.5 Å². The van der Waals surface area contributed by atoms with Crippen molar-refractivity contribution in [1.82, 2.24) is 10.2 Å². The van der Waals surface area contributed by atoms with E-state index in [4.69, 9.17) is 4.74 Å². The Labute approximate surface area is 194 Å². The molecule has 170 valence electrons. The highest BCUT2D eigenvalue weighted by atomic mass is 19.1. The smallest absolute Gasteiger partial charge is 0.249 e. The molecule has 2 aromatic carbocycles. The Morgan fingerprint density at radius 2 is 1.82 bits per heavy atom. The standard InChI is InChI=1S/C27H28FN3O2/c1-31(2)23-9-3-19(4-10-23)18-30-27(32)26-17-21(15-16-29-26)20-5-11-24(12-6-20)33-25-13-7-22(28)8-14-25/h3-9,11-14,16-17,23,26H,10,15,18H2,1-2H3,(H,30,32). The molecule has 1 N–H and O–H groups in total. The number of halogens is 1. The fraction of sp³-hybridized carbons (Fsp3) is 0.259. The second-order valence-corrected chi connectivity index (χ2v) is 8.38. The lowest BCUT2D eigenvalue weighted by atomic mass is 9.98. The maximum Gasteiger partial charge on any atom is 0.249 e. The molecule has 0 aromatic heterocycles. The molecular formula is C27H28FN3O2. The number of amides is 1. The number of hydrogen-bond acceptors (Lipinski definition) is 4. The predicted octanol–water partition coefficient (Wildman–Crippen LogP) is 4.78. The molecule has 4 rings (SSSR count). The lowest BCUT2D eigenvalue weighted by Crippen LogP contribution is -2.35. The molecule has 33 heavy (non-hydrogen) atoms. The number of ether oxygens (including phenoxy) is 1. The number of dihydropyridines is 1. The van der Waals surface area contributed by atoms with Crippen LogP contribution in [0.2, 0.25) is 0 Å². The normalized spacial score (nSPS) is 19.8. The summed E-state index contributed by atoms with van der Waals surface area (Å²) in [5.74, 6) is 0.830. The van der Waals surface area contributed by atoms with Crippen LogP contribution in [-0.4, -0.2) is 49.7 Å². The zero-order chi connectivity index (χ0) is 23.2. The maximum absolute atomic E-state index is 13.0. The first kappa shape index (κ1) is 22.7. The molecule has 0 spiro atoms. The molecule has 6 heteroatoms. The Bertz CT molecular complexity index is 1100. The lowest BCUT2D eigenvalue weighted by molar-refractivity contribution is -0.121. The molecule has 1 amide bonds. The van der Waals surface area contributed by atoms with E-state index in [-0.39, 0.29) is 11.7 Å². The second kappa shape index (κ2) is 10.4. The molecule has 5 nitrogen and oxygen atoms in total. The average Bonchev–Trinajstić information content (AvgIpc) is 2.85. The number of hydrogen-bond donors (Lipinski definition) is 1. The molecule has 1 heterocycles. The summed E-state index contributed by atoms with van der Waals surface area (Å²) in [7, 11) is 4.12. The minimum Gasteiger partial charge on any atom is -0.457 e. The third-order valence-electron chi connectivity index (χ3n) is 5.76. The summed E-state index contributed by atoms with van der Waals surface area (Å²) in [6, 6.07) is 13.4. The SMILES string of the molecule is CN(C)C1C=CC(CNC(=O)C2C=C(c3ccc(Oc4ccc(F)cc4)cc3)CC=N2)=CC1.